The Morgan fingerprint density at radius 2 is 1.93 bits per heavy atom. The average Bonchev–Trinajstić information content (AvgIpc) is 3.08. The minimum atomic E-state index is -1.65. The second kappa shape index (κ2) is 12.4. The molecule has 3 N–H and O–H groups in total. The number of ether oxygens (including phenoxy) is 1. The summed E-state index contributed by atoms with van der Waals surface area (Å²) in [7, 11) is -1.65. The molecule has 1 aromatic heterocycles. The summed E-state index contributed by atoms with van der Waals surface area (Å²) in [4.78, 5) is 6.94. The summed E-state index contributed by atoms with van der Waals surface area (Å²) in [5, 5.41) is 5.09. The van der Waals surface area contributed by atoms with Gasteiger partial charge in [0, 0.05) is 38.4 Å². The third kappa shape index (κ3) is 9.48. The van der Waals surface area contributed by atoms with Crippen LogP contribution in [0.1, 0.15) is 46.4 Å². The lowest BCUT2D eigenvalue weighted by Crippen LogP contribution is -2.41. The lowest BCUT2D eigenvalue weighted by atomic mass is 10.1. The van der Waals surface area contributed by atoms with E-state index in [1.54, 1.807) is 11.8 Å². The van der Waals surface area contributed by atoms with Gasteiger partial charge in [0.15, 0.2) is 14.1 Å². The van der Waals surface area contributed by atoms with Gasteiger partial charge in [-0.1, -0.05) is 44.6 Å². The van der Waals surface area contributed by atoms with Crippen molar-refractivity contribution in [2.45, 2.75) is 70.3 Å². The zero-order valence-electron chi connectivity index (χ0n) is 19.3. The van der Waals surface area contributed by atoms with Gasteiger partial charge in [-0.25, -0.2) is 0 Å². The molecule has 0 spiro atoms. The smallest absolute Gasteiger partial charge is 0.285 e. The average molecular weight is 447 g/mol. The quantitative estimate of drug-likeness (QED) is 0.388. The van der Waals surface area contributed by atoms with Gasteiger partial charge in [0.1, 0.15) is 0 Å². The van der Waals surface area contributed by atoms with E-state index in [0.717, 1.165) is 70.3 Å². The van der Waals surface area contributed by atoms with Crippen LogP contribution in [0, 0.1) is 5.92 Å². The summed E-state index contributed by atoms with van der Waals surface area (Å²) in [6.45, 7) is 19.4. The first kappa shape index (κ1) is 26.6. The van der Waals surface area contributed by atoms with Crippen LogP contribution in [0.2, 0.25) is 18.1 Å². The maximum atomic E-state index is 6.33. The Balaban J connectivity index is 0.00000420. The van der Waals surface area contributed by atoms with Gasteiger partial charge in [-0.15, -0.1) is 0 Å². The molecule has 1 aliphatic heterocycles. The Kier molecular flexibility index (Phi) is 11.4. The Morgan fingerprint density at radius 3 is 2.59 bits per heavy atom. The van der Waals surface area contributed by atoms with Crippen molar-refractivity contribution in [1.29, 1.82) is 0 Å². The van der Waals surface area contributed by atoms with Gasteiger partial charge in [0.2, 0.25) is 0 Å². The molecule has 1 fully saturated rings. The number of thioether (sulfide) groups is 1. The highest BCUT2D eigenvalue weighted by Crippen LogP contribution is 2.36. The number of aromatic nitrogens is 2. The fraction of sp³-hybridized carbons (Fsp3) is 0.900. The number of rotatable bonds is 11. The molecule has 7 nitrogen and oxygen atoms in total. The van der Waals surface area contributed by atoms with E-state index in [1.807, 2.05) is 0 Å². The summed E-state index contributed by atoms with van der Waals surface area (Å²) in [5.41, 5.74) is 0. The van der Waals surface area contributed by atoms with Crippen LogP contribution in [0.15, 0.2) is 9.75 Å². The van der Waals surface area contributed by atoms with Gasteiger partial charge in [-0.3, -0.25) is 4.90 Å². The van der Waals surface area contributed by atoms with Crippen LogP contribution < -0.4 is 6.15 Å². The lowest BCUT2D eigenvalue weighted by Gasteiger charge is -2.37. The van der Waals surface area contributed by atoms with Crippen LogP contribution >= 0.6 is 11.8 Å². The van der Waals surface area contributed by atoms with Gasteiger partial charge in [-0.2, -0.15) is 4.98 Å². The minimum absolute atomic E-state index is 0. The molecule has 1 aliphatic rings. The zero-order chi connectivity index (χ0) is 20.6. The molecule has 0 radical (unpaired) electrons. The third-order valence-electron chi connectivity index (χ3n) is 5.82. The highest BCUT2D eigenvalue weighted by molar-refractivity contribution is 7.99. The first-order chi connectivity index (χ1) is 13.2. The zero-order valence-corrected chi connectivity index (χ0v) is 21.1. The first-order valence-electron chi connectivity index (χ1n) is 10.6. The Labute approximate surface area is 182 Å². The van der Waals surface area contributed by atoms with E-state index in [2.05, 4.69) is 55.8 Å². The van der Waals surface area contributed by atoms with E-state index in [-0.39, 0.29) is 11.2 Å². The van der Waals surface area contributed by atoms with Gasteiger partial charge >= 0.3 is 0 Å². The summed E-state index contributed by atoms with van der Waals surface area (Å²) in [5.74, 6) is 2.36. The molecule has 0 saturated carbocycles. The van der Waals surface area contributed by atoms with Crippen LogP contribution in [0.3, 0.4) is 0 Å². The summed E-state index contributed by atoms with van der Waals surface area (Å²) in [6.07, 6.45) is 3.07. The predicted octanol–water partition coefficient (Wildman–Crippen LogP) is 4.64. The molecule has 2 heterocycles. The molecule has 9 heteroatoms. The Morgan fingerprint density at radius 1 is 1.24 bits per heavy atom. The number of aryl methyl sites for hydroxylation is 1. The van der Waals surface area contributed by atoms with Crippen molar-refractivity contribution in [2.24, 2.45) is 5.92 Å². The third-order valence-corrected chi connectivity index (χ3v) is 11.1. The van der Waals surface area contributed by atoms with Crippen molar-refractivity contribution in [2.75, 3.05) is 45.2 Å². The summed E-state index contributed by atoms with van der Waals surface area (Å²) in [6, 6.07) is 0. The second-order valence-electron chi connectivity index (χ2n) is 9.35. The van der Waals surface area contributed by atoms with Crippen LogP contribution in [0.5, 0.6) is 0 Å². The Bertz CT molecular complexity index is 574. The molecule has 1 unspecified atom stereocenters. The first-order valence-corrected chi connectivity index (χ1v) is 14.5. The monoisotopic (exact) mass is 446 g/mol. The topological polar surface area (TPSA) is 95.6 Å². The normalized spacial score (nSPS) is 17.2. The highest BCUT2D eigenvalue weighted by atomic mass is 32.2. The van der Waals surface area contributed by atoms with Gasteiger partial charge in [0.05, 0.1) is 13.2 Å². The molecule has 0 bridgehead atoms. The fourth-order valence-corrected chi connectivity index (χ4v) is 4.66. The van der Waals surface area contributed by atoms with Gasteiger partial charge in [-0.05, 0) is 36.9 Å². The van der Waals surface area contributed by atoms with E-state index >= 15 is 0 Å². The standard InChI is InChI=1S/C20H39N3O3SSi.H3N/c1-17(16-25-28(5,6)20(2,3)4)8-7-9-18-21-19(26-22-18)27-15-12-23-10-13-24-14-11-23;/h17H,7-16H2,1-6H3;1H3. The van der Waals surface area contributed by atoms with Crippen LogP contribution in [-0.4, -0.2) is 68.6 Å². The number of hydrogen-bond acceptors (Lipinski definition) is 8. The summed E-state index contributed by atoms with van der Waals surface area (Å²) >= 11 is 1.65. The number of nitrogens with zero attached hydrogens (tertiary/aromatic N) is 3. The highest BCUT2D eigenvalue weighted by Gasteiger charge is 2.37. The van der Waals surface area contributed by atoms with Crippen LogP contribution in [0.25, 0.3) is 0 Å². The van der Waals surface area contributed by atoms with E-state index in [1.165, 1.54) is 0 Å². The van der Waals surface area contributed by atoms with Crippen molar-refractivity contribution in [3.05, 3.63) is 5.82 Å². The molecule has 170 valence electrons. The maximum Gasteiger partial charge on any atom is 0.285 e. The predicted molar refractivity (Wildman–Crippen MR) is 123 cm³/mol. The minimum Gasteiger partial charge on any atom is -0.417 e. The molecule has 1 aromatic rings. The maximum absolute atomic E-state index is 6.33. The molecular weight excluding hydrogens is 404 g/mol. The van der Waals surface area contributed by atoms with Gasteiger partial charge in [0.25, 0.3) is 5.22 Å². The molecule has 1 saturated heterocycles. The largest absolute Gasteiger partial charge is 0.417 e. The van der Waals surface area contributed by atoms with Crippen molar-refractivity contribution in [1.82, 2.24) is 21.2 Å². The molecule has 0 aliphatic carbocycles. The van der Waals surface area contributed by atoms with Crippen molar-refractivity contribution >= 4 is 20.1 Å². The molecular formula is C20H42N4O3SSi. The number of morpholine rings is 1. The molecule has 29 heavy (non-hydrogen) atoms. The number of hydrogen-bond donors (Lipinski definition) is 1. The van der Waals surface area contributed by atoms with Crippen LogP contribution in [-0.2, 0) is 15.6 Å². The second-order valence-corrected chi connectivity index (χ2v) is 15.2. The SMILES string of the molecule is CC(CCCc1noc(SCCN2CCOCC2)n1)CO[Si](C)(C)C(C)(C)C.N. The van der Waals surface area contributed by atoms with Crippen molar-refractivity contribution in [3.8, 4) is 0 Å². The Hall–Kier alpha value is -0.453. The van der Waals surface area contributed by atoms with E-state index in [9.17, 15) is 0 Å². The van der Waals surface area contributed by atoms with E-state index in [0.29, 0.717) is 11.1 Å². The van der Waals surface area contributed by atoms with Crippen molar-refractivity contribution in [3.63, 3.8) is 0 Å². The summed E-state index contributed by atoms with van der Waals surface area (Å²) < 4.78 is 17.1. The molecule has 1 atom stereocenters. The van der Waals surface area contributed by atoms with E-state index in [4.69, 9.17) is 13.7 Å². The lowest BCUT2D eigenvalue weighted by molar-refractivity contribution is 0.0410. The molecule has 2 rings (SSSR count). The molecule has 0 amide bonds. The van der Waals surface area contributed by atoms with Gasteiger partial charge < -0.3 is 19.8 Å². The van der Waals surface area contributed by atoms with E-state index < -0.39 is 8.32 Å². The van der Waals surface area contributed by atoms with Crippen molar-refractivity contribution < 1.29 is 13.7 Å². The fourth-order valence-electron chi connectivity index (χ4n) is 2.74. The van der Waals surface area contributed by atoms with Crippen LogP contribution in [0.4, 0.5) is 0 Å². The molecule has 0 aromatic carbocycles.